The summed E-state index contributed by atoms with van der Waals surface area (Å²) in [5, 5.41) is 0. The molecule has 3 aromatic rings. The third-order valence-electron chi connectivity index (χ3n) is 7.43. The van der Waals surface area contributed by atoms with E-state index in [4.69, 9.17) is 9.47 Å². The van der Waals surface area contributed by atoms with Crippen LogP contribution in [-0.2, 0) is 15.9 Å². The molecule has 2 nitrogen and oxygen atoms in total. The highest BCUT2D eigenvalue weighted by molar-refractivity contribution is 5.71. The van der Waals surface area contributed by atoms with Gasteiger partial charge < -0.3 is 9.47 Å². The van der Waals surface area contributed by atoms with Gasteiger partial charge in [-0.25, -0.2) is 13.2 Å². The molecule has 0 amide bonds. The summed E-state index contributed by atoms with van der Waals surface area (Å²) in [5.74, 6) is -1.62. The second-order valence-corrected chi connectivity index (χ2v) is 10.4. The van der Waals surface area contributed by atoms with Crippen LogP contribution in [0, 0.1) is 23.4 Å². The lowest BCUT2D eigenvalue weighted by atomic mass is 9.97. The van der Waals surface area contributed by atoms with Crippen molar-refractivity contribution in [3.8, 4) is 22.3 Å². The summed E-state index contributed by atoms with van der Waals surface area (Å²) in [6, 6.07) is 15.4. The number of rotatable bonds is 12. The lowest BCUT2D eigenvalue weighted by Crippen LogP contribution is -2.27. The van der Waals surface area contributed by atoms with Crippen molar-refractivity contribution < 1.29 is 22.6 Å². The first-order valence-corrected chi connectivity index (χ1v) is 14.1. The van der Waals surface area contributed by atoms with Crippen LogP contribution in [0.1, 0.15) is 82.6 Å². The highest BCUT2D eigenvalue weighted by Gasteiger charge is 2.25. The van der Waals surface area contributed by atoms with Gasteiger partial charge in [-0.2, -0.15) is 0 Å². The number of benzene rings is 3. The van der Waals surface area contributed by atoms with Crippen molar-refractivity contribution in [1.82, 2.24) is 0 Å². The van der Waals surface area contributed by atoms with Gasteiger partial charge in [-0.15, -0.1) is 0 Å². The maximum atomic E-state index is 15.1. The van der Waals surface area contributed by atoms with Crippen molar-refractivity contribution in [3.05, 3.63) is 83.2 Å². The summed E-state index contributed by atoms with van der Waals surface area (Å²) in [4.78, 5) is 0. The minimum atomic E-state index is -0.826. The standard InChI is InChI=1S/C33H39F3O2/c1-3-5-7-8-9-10-23-21-37-33(38-22-23)29-19-17-27(20-30(29)34)24-12-14-25(15-13-24)28-18-16-26(11-6-4-2)31(35)32(28)36/h12-20,23,33H,3-11,21-22H2,1-2H3. The van der Waals surface area contributed by atoms with Gasteiger partial charge in [-0.3, -0.25) is 0 Å². The van der Waals surface area contributed by atoms with Crippen molar-refractivity contribution in [2.24, 2.45) is 5.92 Å². The molecule has 0 saturated carbocycles. The molecular weight excluding hydrogens is 485 g/mol. The molecule has 1 aliphatic heterocycles. The molecule has 0 aliphatic carbocycles. The Bertz CT molecular complexity index is 1170. The normalized spacial score (nSPS) is 17.6. The molecule has 1 saturated heterocycles. The predicted molar refractivity (Wildman–Crippen MR) is 147 cm³/mol. The van der Waals surface area contributed by atoms with Gasteiger partial charge in [0.25, 0.3) is 0 Å². The Morgan fingerprint density at radius 1 is 0.684 bits per heavy atom. The fraction of sp³-hybridized carbons (Fsp3) is 0.455. The lowest BCUT2D eigenvalue weighted by Gasteiger charge is -2.30. The lowest BCUT2D eigenvalue weighted by molar-refractivity contribution is -0.207. The summed E-state index contributed by atoms with van der Waals surface area (Å²) in [5.41, 5.74) is 3.08. The number of hydrogen-bond donors (Lipinski definition) is 0. The Kier molecular flexibility index (Phi) is 10.4. The monoisotopic (exact) mass is 524 g/mol. The van der Waals surface area contributed by atoms with Crippen LogP contribution in [0.5, 0.6) is 0 Å². The topological polar surface area (TPSA) is 18.5 Å². The summed E-state index contributed by atoms with van der Waals surface area (Å²) in [6.45, 7) is 5.40. The zero-order valence-electron chi connectivity index (χ0n) is 22.6. The average Bonchev–Trinajstić information content (AvgIpc) is 2.94. The fourth-order valence-electron chi connectivity index (χ4n) is 5.04. The van der Waals surface area contributed by atoms with Crippen molar-refractivity contribution in [2.75, 3.05) is 13.2 Å². The Balaban J connectivity index is 1.38. The molecule has 1 heterocycles. The van der Waals surface area contributed by atoms with E-state index in [1.165, 1.54) is 38.2 Å². The number of unbranched alkanes of at least 4 members (excludes halogenated alkanes) is 5. The van der Waals surface area contributed by atoms with E-state index in [0.717, 1.165) is 24.8 Å². The zero-order valence-corrected chi connectivity index (χ0v) is 22.6. The number of hydrogen-bond acceptors (Lipinski definition) is 2. The summed E-state index contributed by atoms with van der Waals surface area (Å²) in [7, 11) is 0. The molecule has 1 fully saturated rings. The Hall–Kier alpha value is -2.63. The second kappa shape index (κ2) is 14.0. The highest BCUT2D eigenvalue weighted by atomic mass is 19.2. The van der Waals surface area contributed by atoms with Crippen LogP contribution in [-0.4, -0.2) is 13.2 Å². The van der Waals surface area contributed by atoms with Gasteiger partial charge >= 0.3 is 0 Å². The van der Waals surface area contributed by atoms with Gasteiger partial charge in [0.2, 0.25) is 0 Å². The molecule has 0 atom stereocenters. The number of ether oxygens (including phenoxy) is 2. The molecule has 1 aliphatic rings. The Morgan fingerprint density at radius 2 is 1.34 bits per heavy atom. The molecule has 5 heteroatoms. The Labute approximate surface area is 225 Å². The van der Waals surface area contributed by atoms with E-state index >= 15 is 4.39 Å². The summed E-state index contributed by atoms with van der Waals surface area (Å²) < 4.78 is 56.1. The number of aryl methyl sites for hydroxylation is 1. The first-order valence-electron chi connectivity index (χ1n) is 14.1. The molecular formula is C33H39F3O2. The summed E-state index contributed by atoms with van der Waals surface area (Å²) in [6.07, 6.45) is 8.86. The smallest absolute Gasteiger partial charge is 0.186 e. The van der Waals surface area contributed by atoms with Crippen molar-refractivity contribution in [1.29, 1.82) is 0 Å². The van der Waals surface area contributed by atoms with Gasteiger partial charge in [0.05, 0.1) is 13.2 Å². The van der Waals surface area contributed by atoms with Gasteiger partial charge in [0.1, 0.15) is 5.82 Å². The minimum absolute atomic E-state index is 0.224. The second-order valence-electron chi connectivity index (χ2n) is 10.4. The van der Waals surface area contributed by atoms with Gasteiger partial charge in [0.15, 0.2) is 17.9 Å². The largest absolute Gasteiger partial charge is 0.348 e. The first-order chi connectivity index (χ1) is 18.5. The van der Waals surface area contributed by atoms with Crippen LogP contribution in [0.25, 0.3) is 22.3 Å². The predicted octanol–water partition coefficient (Wildman–Crippen LogP) is 9.80. The first kappa shape index (κ1) is 28.4. The minimum Gasteiger partial charge on any atom is -0.348 e. The van der Waals surface area contributed by atoms with E-state index in [-0.39, 0.29) is 11.4 Å². The molecule has 0 aromatic heterocycles. The molecule has 3 aromatic carbocycles. The highest BCUT2D eigenvalue weighted by Crippen LogP contribution is 2.33. The van der Waals surface area contributed by atoms with E-state index in [9.17, 15) is 8.78 Å². The van der Waals surface area contributed by atoms with Crippen molar-refractivity contribution in [3.63, 3.8) is 0 Å². The van der Waals surface area contributed by atoms with Crippen molar-refractivity contribution in [2.45, 2.75) is 77.9 Å². The maximum absolute atomic E-state index is 15.1. The molecule has 0 spiro atoms. The molecule has 38 heavy (non-hydrogen) atoms. The van der Waals surface area contributed by atoms with Gasteiger partial charge in [0, 0.05) is 17.0 Å². The average molecular weight is 525 g/mol. The third-order valence-corrected chi connectivity index (χ3v) is 7.43. The van der Waals surface area contributed by atoms with Crippen LogP contribution in [0.2, 0.25) is 0 Å². The zero-order chi connectivity index (χ0) is 26.9. The number of halogens is 3. The quantitative estimate of drug-likeness (QED) is 0.220. The SMILES string of the molecule is CCCCCCCC1COC(c2ccc(-c3ccc(-c4ccc(CCCC)c(F)c4F)cc3)cc2F)OC1. The fourth-order valence-corrected chi connectivity index (χ4v) is 5.04. The van der Waals surface area contributed by atoms with Crippen LogP contribution in [0.4, 0.5) is 13.2 Å². The van der Waals surface area contributed by atoms with E-state index in [0.29, 0.717) is 47.8 Å². The van der Waals surface area contributed by atoms with Crippen LogP contribution >= 0.6 is 0 Å². The molecule has 4 rings (SSSR count). The van der Waals surface area contributed by atoms with Crippen LogP contribution < -0.4 is 0 Å². The Morgan fingerprint density at radius 3 is 2.03 bits per heavy atom. The van der Waals surface area contributed by atoms with E-state index < -0.39 is 17.9 Å². The van der Waals surface area contributed by atoms with E-state index in [1.807, 2.05) is 13.0 Å². The third kappa shape index (κ3) is 7.06. The molecule has 0 radical (unpaired) electrons. The summed E-state index contributed by atoms with van der Waals surface area (Å²) >= 11 is 0. The van der Waals surface area contributed by atoms with Crippen LogP contribution in [0.15, 0.2) is 54.6 Å². The maximum Gasteiger partial charge on any atom is 0.186 e. The van der Waals surface area contributed by atoms with Crippen molar-refractivity contribution >= 4 is 0 Å². The van der Waals surface area contributed by atoms with Gasteiger partial charge in [-0.05, 0) is 47.6 Å². The molecule has 0 bridgehead atoms. The molecule has 0 N–H and O–H groups in total. The van der Waals surface area contributed by atoms with Gasteiger partial charge in [-0.1, -0.05) is 101 Å². The van der Waals surface area contributed by atoms with Crippen LogP contribution in [0.3, 0.4) is 0 Å². The molecule has 0 unspecified atom stereocenters. The molecule has 204 valence electrons. The van der Waals surface area contributed by atoms with E-state index in [1.54, 1.807) is 42.5 Å². The van der Waals surface area contributed by atoms with E-state index in [2.05, 4.69) is 6.92 Å².